The Bertz CT molecular complexity index is 671. The van der Waals surface area contributed by atoms with Gasteiger partial charge in [-0.25, -0.2) is 0 Å². The predicted molar refractivity (Wildman–Crippen MR) is 83.1 cm³/mol. The van der Waals surface area contributed by atoms with Crippen LogP contribution in [0.25, 0.3) is 6.08 Å². The summed E-state index contributed by atoms with van der Waals surface area (Å²) in [6, 6.07) is 10.8. The number of nitrogens with zero attached hydrogens (tertiary/aromatic N) is 1. The van der Waals surface area contributed by atoms with Gasteiger partial charge in [0.1, 0.15) is 0 Å². The van der Waals surface area contributed by atoms with E-state index in [2.05, 4.69) is 10.3 Å². The lowest BCUT2D eigenvalue weighted by Crippen LogP contribution is -2.05. The van der Waals surface area contributed by atoms with E-state index in [1.54, 1.807) is 30.5 Å². The summed E-state index contributed by atoms with van der Waals surface area (Å²) in [6.45, 7) is 3.34. The standard InChI is InChI=1S/C17H16N2O2/c1-12-3-7-15(11-18-12)17(21)10-6-14-4-8-16(9-5-14)19-13(2)20/h3-11H,1-2H3,(H,19,20). The van der Waals surface area contributed by atoms with Gasteiger partial charge in [-0.1, -0.05) is 18.2 Å². The van der Waals surface area contributed by atoms with Gasteiger partial charge >= 0.3 is 0 Å². The molecule has 0 fully saturated rings. The first-order valence-corrected chi connectivity index (χ1v) is 6.57. The van der Waals surface area contributed by atoms with Crippen LogP contribution in [0.3, 0.4) is 0 Å². The molecule has 0 aliphatic heterocycles. The Balaban J connectivity index is 2.05. The summed E-state index contributed by atoms with van der Waals surface area (Å²) in [5.41, 5.74) is 3.06. The number of aromatic nitrogens is 1. The average molecular weight is 280 g/mol. The molecule has 4 heteroatoms. The van der Waals surface area contributed by atoms with E-state index in [0.717, 1.165) is 16.9 Å². The molecule has 1 aromatic heterocycles. The number of ketones is 1. The van der Waals surface area contributed by atoms with Gasteiger partial charge in [0, 0.05) is 30.1 Å². The molecule has 0 bridgehead atoms. The molecule has 1 aromatic carbocycles. The quantitative estimate of drug-likeness (QED) is 0.691. The van der Waals surface area contributed by atoms with Crippen LogP contribution >= 0.6 is 0 Å². The number of amides is 1. The molecule has 0 aliphatic rings. The van der Waals surface area contributed by atoms with Gasteiger partial charge in [0.15, 0.2) is 5.78 Å². The van der Waals surface area contributed by atoms with Gasteiger partial charge < -0.3 is 5.32 Å². The minimum Gasteiger partial charge on any atom is -0.326 e. The molecular weight excluding hydrogens is 264 g/mol. The monoisotopic (exact) mass is 280 g/mol. The van der Waals surface area contributed by atoms with Crippen LogP contribution < -0.4 is 5.32 Å². The number of hydrogen-bond acceptors (Lipinski definition) is 3. The first kappa shape index (κ1) is 14.7. The lowest BCUT2D eigenvalue weighted by molar-refractivity contribution is -0.114. The zero-order valence-electron chi connectivity index (χ0n) is 12.0. The van der Waals surface area contributed by atoms with Crippen molar-refractivity contribution >= 4 is 23.5 Å². The first-order valence-electron chi connectivity index (χ1n) is 6.57. The number of nitrogens with one attached hydrogen (secondary N) is 1. The summed E-state index contributed by atoms with van der Waals surface area (Å²) in [4.78, 5) is 27.0. The normalized spacial score (nSPS) is 10.6. The number of pyridine rings is 1. The Morgan fingerprint density at radius 3 is 2.38 bits per heavy atom. The molecule has 1 heterocycles. The van der Waals surface area contributed by atoms with E-state index in [0.29, 0.717) is 5.56 Å². The molecular formula is C17H16N2O2. The van der Waals surface area contributed by atoms with Crippen LogP contribution in [-0.2, 0) is 4.79 Å². The topological polar surface area (TPSA) is 59.1 Å². The molecule has 1 amide bonds. The molecule has 0 saturated carbocycles. The Kier molecular flexibility index (Phi) is 4.61. The van der Waals surface area contributed by atoms with E-state index in [1.165, 1.54) is 13.0 Å². The molecule has 2 aromatic rings. The second-order valence-corrected chi connectivity index (χ2v) is 4.69. The number of anilines is 1. The summed E-state index contributed by atoms with van der Waals surface area (Å²) >= 11 is 0. The molecule has 21 heavy (non-hydrogen) atoms. The number of hydrogen-bond donors (Lipinski definition) is 1. The molecule has 0 radical (unpaired) electrons. The van der Waals surface area contributed by atoms with Crippen LogP contribution in [0.4, 0.5) is 5.69 Å². The third-order valence-corrected chi connectivity index (χ3v) is 2.85. The number of rotatable bonds is 4. The third kappa shape index (κ3) is 4.38. The molecule has 0 aliphatic carbocycles. The smallest absolute Gasteiger partial charge is 0.221 e. The Labute approximate surface area is 123 Å². The minimum absolute atomic E-state index is 0.0894. The molecule has 0 unspecified atom stereocenters. The van der Waals surface area contributed by atoms with Gasteiger partial charge in [-0.05, 0) is 42.8 Å². The van der Waals surface area contributed by atoms with Gasteiger partial charge in [-0.2, -0.15) is 0 Å². The maximum absolute atomic E-state index is 12.0. The summed E-state index contributed by atoms with van der Waals surface area (Å²) in [7, 11) is 0. The highest BCUT2D eigenvalue weighted by molar-refractivity contribution is 6.06. The van der Waals surface area contributed by atoms with Crippen molar-refractivity contribution in [2.75, 3.05) is 5.32 Å². The van der Waals surface area contributed by atoms with Crippen LogP contribution in [0.2, 0.25) is 0 Å². The summed E-state index contributed by atoms with van der Waals surface area (Å²) in [5, 5.41) is 2.69. The molecule has 0 atom stereocenters. The fourth-order valence-corrected chi connectivity index (χ4v) is 1.76. The van der Waals surface area contributed by atoms with Crippen molar-refractivity contribution in [1.29, 1.82) is 0 Å². The fourth-order valence-electron chi connectivity index (χ4n) is 1.76. The van der Waals surface area contributed by atoms with Gasteiger partial charge in [0.2, 0.25) is 5.91 Å². The van der Waals surface area contributed by atoms with Gasteiger partial charge in [-0.3, -0.25) is 14.6 Å². The van der Waals surface area contributed by atoms with Crippen molar-refractivity contribution in [2.24, 2.45) is 0 Å². The zero-order chi connectivity index (χ0) is 15.2. The minimum atomic E-state index is -0.111. The van der Waals surface area contributed by atoms with Crippen molar-refractivity contribution in [3.8, 4) is 0 Å². The maximum atomic E-state index is 12.0. The van der Waals surface area contributed by atoms with Crippen LogP contribution in [0.15, 0.2) is 48.7 Å². The highest BCUT2D eigenvalue weighted by Crippen LogP contribution is 2.11. The fraction of sp³-hybridized carbons (Fsp3) is 0.118. The number of allylic oxidation sites excluding steroid dienone is 1. The van der Waals surface area contributed by atoms with E-state index < -0.39 is 0 Å². The van der Waals surface area contributed by atoms with Gasteiger partial charge in [-0.15, -0.1) is 0 Å². The maximum Gasteiger partial charge on any atom is 0.221 e. The van der Waals surface area contributed by atoms with Crippen molar-refractivity contribution in [1.82, 2.24) is 4.98 Å². The van der Waals surface area contributed by atoms with E-state index in [-0.39, 0.29) is 11.7 Å². The number of benzene rings is 1. The number of carbonyl (C=O) groups is 2. The second-order valence-electron chi connectivity index (χ2n) is 4.69. The van der Waals surface area contributed by atoms with Crippen molar-refractivity contribution in [2.45, 2.75) is 13.8 Å². The largest absolute Gasteiger partial charge is 0.326 e. The summed E-state index contributed by atoms with van der Waals surface area (Å²) < 4.78 is 0. The molecule has 0 saturated heterocycles. The third-order valence-electron chi connectivity index (χ3n) is 2.85. The van der Waals surface area contributed by atoms with Crippen LogP contribution in [0, 0.1) is 6.92 Å². The molecule has 4 nitrogen and oxygen atoms in total. The van der Waals surface area contributed by atoms with E-state index in [9.17, 15) is 9.59 Å². The van der Waals surface area contributed by atoms with E-state index in [4.69, 9.17) is 0 Å². The SMILES string of the molecule is CC(=O)Nc1ccc(C=CC(=O)c2ccc(C)nc2)cc1. The lowest BCUT2D eigenvalue weighted by atomic mass is 10.1. The average Bonchev–Trinajstić information content (AvgIpc) is 2.46. The summed E-state index contributed by atoms with van der Waals surface area (Å²) in [5.74, 6) is -0.200. The first-order chi connectivity index (χ1) is 10.0. The number of aryl methyl sites for hydroxylation is 1. The molecule has 2 rings (SSSR count). The van der Waals surface area contributed by atoms with Crippen LogP contribution in [-0.4, -0.2) is 16.7 Å². The molecule has 0 spiro atoms. The Morgan fingerprint density at radius 1 is 1.10 bits per heavy atom. The highest BCUT2D eigenvalue weighted by atomic mass is 16.1. The Morgan fingerprint density at radius 2 is 1.81 bits per heavy atom. The van der Waals surface area contributed by atoms with E-state index in [1.807, 2.05) is 25.1 Å². The zero-order valence-corrected chi connectivity index (χ0v) is 12.0. The van der Waals surface area contributed by atoms with E-state index >= 15 is 0 Å². The molecule has 106 valence electrons. The summed E-state index contributed by atoms with van der Waals surface area (Å²) in [6.07, 6.45) is 4.82. The van der Waals surface area contributed by atoms with Crippen molar-refractivity contribution < 1.29 is 9.59 Å². The van der Waals surface area contributed by atoms with Gasteiger partial charge in [0.05, 0.1) is 0 Å². The van der Waals surface area contributed by atoms with Gasteiger partial charge in [0.25, 0.3) is 0 Å². The van der Waals surface area contributed by atoms with Crippen LogP contribution in [0.1, 0.15) is 28.5 Å². The van der Waals surface area contributed by atoms with Crippen LogP contribution in [0.5, 0.6) is 0 Å². The van der Waals surface area contributed by atoms with Crippen molar-refractivity contribution in [3.63, 3.8) is 0 Å². The highest BCUT2D eigenvalue weighted by Gasteiger charge is 2.01. The number of carbonyl (C=O) groups excluding carboxylic acids is 2. The second kappa shape index (κ2) is 6.61. The molecule has 1 N–H and O–H groups in total. The lowest BCUT2D eigenvalue weighted by Gasteiger charge is -2.01. The Hall–Kier alpha value is -2.75. The van der Waals surface area contributed by atoms with Crippen molar-refractivity contribution in [3.05, 3.63) is 65.5 Å². The predicted octanol–water partition coefficient (Wildman–Crippen LogP) is 3.24.